The summed E-state index contributed by atoms with van der Waals surface area (Å²) in [5.41, 5.74) is 11.8. The highest BCUT2D eigenvalue weighted by Crippen LogP contribution is 2.17. The number of benzene rings is 1. The second-order valence-electron chi connectivity index (χ2n) is 3.62. The first kappa shape index (κ1) is 14.3. The molecule has 6 N–H and O–H groups in total. The van der Waals surface area contributed by atoms with Crippen LogP contribution in [0.1, 0.15) is 10.4 Å². The Labute approximate surface area is 106 Å². The van der Waals surface area contributed by atoms with Gasteiger partial charge in [0.2, 0.25) is 10.0 Å². The van der Waals surface area contributed by atoms with Crippen LogP contribution in [-0.2, 0) is 10.0 Å². The number of hydrogen-bond acceptors (Lipinski definition) is 5. The third-order valence-corrected chi connectivity index (χ3v) is 3.69. The van der Waals surface area contributed by atoms with E-state index in [1.165, 1.54) is 19.2 Å². The number of nitrogen functional groups attached to an aromatic ring is 1. The lowest BCUT2D eigenvalue weighted by Crippen LogP contribution is -2.26. The summed E-state index contributed by atoms with van der Waals surface area (Å²) in [5.74, 6) is -0.696. The average molecular weight is 272 g/mol. The minimum Gasteiger partial charge on any atom is -0.398 e. The number of sulfonamides is 1. The Hall–Kier alpha value is -1.80. The fourth-order valence-corrected chi connectivity index (χ4v) is 1.89. The number of amides is 1. The van der Waals surface area contributed by atoms with Crippen LogP contribution in [-0.4, -0.2) is 33.7 Å². The molecule has 0 aliphatic heterocycles. The van der Waals surface area contributed by atoms with Crippen LogP contribution in [0.2, 0.25) is 0 Å². The van der Waals surface area contributed by atoms with Crippen molar-refractivity contribution in [1.82, 2.24) is 4.72 Å². The molecule has 0 spiro atoms. The Kier molecular flexibility index (Phi) is 4.51. The summed E-state index contributed by atoms with van der Waals surface area (Å²) in [7, 11) is -1.90. The Balaban J connectivity index is 2.69. The van der Waals surface area contributed by atoms with Gasteiger partial charge in [-0.25, -0.2) is 13.1 Å². The van der Waals surface area contributed by atoms with Crippen molar-refractivity contribution < 1.29 is 13.2 Å². The van der Waals surface area contributed by atoms with Crippen molar-refractivity contribution in [1.29, 1.82) is 0 Å². The molecule has 0 fully saturated rings. The third kappa shape index (κ3) is 3.90. The van der Waals surface area contributed by atoms with E-state index in [-0.39, 0.29) is 23.5 Å². The molecule has 0 radical (unpaired) electrons. The van der Waals surface area contributed by atoms with Crippen molar-refractivity contribution in [2.24, 2.45) is 5.73 Å². The van der Waals surface area contributed by atoms with E-state index in [1.807, 2.05) is 0 Å². The highest BCUT2D eigenvalue weighted by Gasteiger charge is 2.08. The summed E-state index contributed by atoms with van der Waals surface area (Å²) < 4.78 is 24.6. The first-order chi connectivity index (χ1) is 8.35. The van der Waals surface area contributed by atoms with Gasteiger partial charge in [0.15, 0.2) is 0 Å². The Morgan fingerprint density at radius 2 is 2.06 bits per heavy atom. The predicted molar refractivity (Wildman–Crippen MR) is 70.7 cm³/mol. The molecule has 8 heteroatoms. The van der Waals surface area contributed by atoms with E-state index in [1.54, 1.807) is 6.07 Å². The molecular weight excluding hydrogens is 256 g/mol. The van der Waals surface area contributed by atoms with Gasteiger partial charge in [0.1, 0.15) is 0 Å². The maximum atomic E-state index is 11.2. The summed E-state index contributed by atoms with van der Waals surface area (Å²) >= 11 is 0. The molecule has 7 nitrogen and oxygen atoms in total. The van der Waals surface area contributed by atoms with Crippen LogP contribution in [0, 0.1) is 0 Å². The van der Waals surface area contributed by atoms with E-state index in [2.05, 4.69) is 10.0 Å². The molecule has 0 unspecified atom stereocenters. The van der Waals surface area contributed by atoms with Crippen molar-refractivity contribution in [3.8, 4) is 0 Å². The molecule has 0 saturated carbocycles. The molecule has 1 rings (SSSR count). The minimum atomic E-state index is -3.25. The molecule has 0 heterocycles. The number of carbonyl (C=O) groups is 1. The quantitative estimate of drug-likeness (QED) is 0.511. The van der Waals surface area contributed by atoms with E-state index in [9.17, 15) is 13.2 Å². The maximum Gasteiger partial charge on any atom is 0.250 e. The zero-order valence-corrected chi connectivity index (χ0v) is 10.8. The lowest BCUT2D eigenvalue weighted by molar-refractivity contribution is 0.100. The van der Waals surface area contributed by atoms with E-state index in [4.69, 9.17) is 11.5 Å². The summed E-state index contributed by atoms with van der Waals surface area (Å²) in [6.45, 7) is 0.214. The van der Waals surface area contributed by atoms with Gasteiger partial charge in [0.25, 0.3) is 5.91 Å². The molecule has 0 aliphatic carbocycles. The molecule has 1 aromatic carbocycles. The molecule has 100 valence electrons. The van der Waals surface area contributed by atoms with E-state index in [0.717, 1.165) is 0 Å². The fourth-order valence-electron chi connectivity index (χ4n) is 1.31. The minimum absolute atomic E-state index is 0.0697. The summed E-state index contributed by atoms with van der Waals surface area (Å²) in [4.78, 5) is 11.1. The summed E-state index contributed by atoms with van der Waals surface area (Å²) in [6.07, 6.45) is 0. The van der Waals surface area contributed by atoms with Crippen LogP contribution in [0.15, 0.2) is 18.2 Å². The van der Waals surface area contributed by atoms with Crippen LogP contribution in [0.5, 0.6) is 0 Å². The zero-order valence-electron chi connectivity index (χ0n) is 9.93. The van der Waals surface area contributed by atoms with Crippen molar-refractivity contribution in [2.45, 2.75) is 0 Å². The van der Waals surface area contributed by atoms with Gasteiger partial charge in [-0.2, -0.15) is 0 Å². The maximum absolute atomic E-state index is 11.2. The van der Waals surface area contributed by atoms with Crippen LogP contribution in [0.25, 0.3) is 0 Å². The number of carbonyl (C=O) groups excluding carboxylic acids is 1. The standard InChI is InChI=1S/C10H16N4O3S/c1-13-18(16,17)5-4-14-7-2-3-9(11)8(6-7)10(12)15/h2-3,6,13-14H,4-5,11H2,1H3,(H2,12,15). The van der Waals surface area contributed by atoms with Gasteiger partial charge in [-0.3, -0.25) is 4.79 Å². The van der Waals surface area contributed by atoms with Gasteiger partial charge < -0.3 is 16.8 Å². The number of hydrogen-bond donors (Lipinski definition) is 4. The van der Waals surface area contributed by atoms with Gasteiger partial charge in [0, 0.05) is 17.9 Å². The Morgan fingerprint density at radius 1 is 1.39 bits per heavy atom. The second kappa shape index (κ2) is 5.69. The zero-order chi connectivity index (χ0) is 13.8. The highest BCUT2D eigenvalue weighted by molar-refractivity contribution is 7.89. The van der Waals surface area contributed by atoms with Gasteiger partial charge in [-0.1, -0.05) is 0 Å². The van der Waals surface area contributed by atoms with Gasteiger partial charge in [0.05, 0.1) is 11.3 Å². The van der Waals surface area contributed by atoms with Gasteiger partial charge in [-0.15, -0.1) is 0 Å². The molecule has 0 saturated heterocycles. The lowest BCUT2D eigenvalue weighted by Gasteiger charge is -2.09. The van der Waals surface area contributed by atoms with E-state index >= 15 is 0 Å². The van der Waals surface area contributed by atoms with Crippen LogP contribution < -0.4 is 21.5 Å². The number of anilines is 2. The summed E-state index contributed by atoms with van der Waals surface area (Å²) in [6, 6.07) is 4.67. The number of rotatable bonds is 6. The average Bonchev–Trinajstić information content (AvgIpc) is 2.31. The van der Waals surface area contributed by atoms with Crippen molar-refractivity contribution >= 4 is 27.3 Å². The topological polar surface area (TPSA) is 127 Å². The Bertz CT molecular complexity index is 542. The SMILES string of the molecule is CNS(=O)(=O)CCNc1ccc(N)c(C(N)=O)c1. The molecule has 0 atom stereocenters. The van der Waals surface area contributed by atoms with Crippen molar-refractivity contribution in [3.63, 3.8) is 0 Å². The summed E-state index contributed by atoms with van der Waals surface area (Å²) in [5, 5.41) is 2.88. The normalized spacial score (nSPS) is 11.2. The molecule has 18 heavy (non-hydrogen) atoms. The van der Waals surface area contributed by atoms with Crippen LogP contribution >= 0.6 is 0 Å². The van der Waals surface area contributed by atoms with Gasteiger partial charge in [-0.05, 0) is 25.2 Å². The molecule has 1 aromatic rings. The molecule has 0 bridgehead atoms. The van der Waals surface area contributed by atoms with E-state index < -0.39 is 15.9 Å². The van der Waals surface area contributed by atoms with Crippen LogP contribution in [0.3, 0.4) is 0 Å². The van der Waals surface area contributed by atoms with Crippen molar-refractivity contribution in [3.05, 3.63) is 23.8 Å². The largest absolute Gasteiger partial charge is 0.398 e. The monoisotopic (exact) mass is 272 g/mol. The smallest absolute Gasteiger partial charge is 0.250 e. The first-order valence-corrected chi connectivity index (χ1v) is 6.85. The Morgan fingerprint density at radius 3 is 2.61 bits per heavy atom. The lowest BCUT2D eigenvalue weighted by atomic mass is 10.1. The number of nitrogens with one attached hydrogen (secondary N) is 2. The molecule has 0 aliphatic rings. The molecule has 0 aromatic heterocycles. The first-order valence-electron chi connectivity index (χ1n) is 5.20. The fraction of sp³-hybridized carbons (Fsp3) is 0.300. The number of primary amides is 1. The predicted octanol–water partition coefficient (Wildman–Crippen LogP) is -0.671. The molecule has 1 amide bonds. The van der Waals surface area contributed by atoms with Crippen molar-refractivity contribution in [2.75, 3.05) is 30.4 Å². The third-order valence-electron chi connectivity index (χ3n) is 2.33. The van der Waals surface area contributed by atoms with E-state index in [0.29, 0.717) is 5.69 Å². The number of nitrogens with two attached hydrogens (primary N) is 2. The molecular formula is C10H16N4O3S. The second-order valence-corrected chi connectivity index (χ2v) is 5.66. The van der Waals surface area contributed by atoms with Crippen LogP contribution in [0.4, 0.5) is 11.4 Å². The van der Waals surface area contributed by atoms with Gasteiger partial charge >= 0.3 is 0 Å². The highest BCUT2D eigenvalue weighted by atomic mass is 32.2.